The second kappa shape index (κ2) is 6.96. The zero-order valence-electron chi connectivity index (χ0n) is 16.8. The van der Waals surface area contributed by atoms with Crippen molar-refractivity contribution in [2.24, 2.45) is 29.1 Å². The van der Waals surface area contributed by atoms with E-state index < -0.39 is 6.04 Å². The quantitative estimate of drug-likeness (QED) is 0.854. The first-order valence-corrected chi connectivity index (χ1v) is 10.5. The summed E-state index contributed by atoms with van der Waals surface area (Å²) in [6, 6.07) is 9.17. The summed E-state index contributed by atoms with van der Waals surface area (Å²) < 4.78 is 0. The van der Waals surface area contributed by atoms with Gasteiger partial charge in [-0.3, -0.25) is 9.59 Å². The van der Waals surface area contributed by atoms with E-state index in [1.165, 1.54) is 19.3 Å². The number of anilines is 1. The fourth-order valence-corrected chi connectivity index (χ4v) is 6.18. The number of carbonyl (C=O) groups is 2. The maximum atomic E-state index is 13.4. The van der Waals surface area contributed by atoms with Gasteiger partial charge in [0.15, 0.2) is 0 Å². The molecule has 0 heterocycles. The van der Waals surface area contributed by atoms with Crippen LogP contribution in [0.3, 0.4) is 0 Å². The summed E-state index contributed by atoms with van der Waals surface area (Å²) in [7, 11) is 1.80. The number of carbonyl (C=O) groups excluding carboxylic acids is 2. The zero-order chi connectivity index (χ0) is 19.2. The summed E-state index contributed by atoms with van der Waals surface area (Å²) >= 11 is 0. The van der Waals surface area contributed by atoms with Crippen LogP contribution in [0.1, 0.15) is 52.4 Å². The van der Waals surface area contributed by atoms with Gasteiger partial charge in [-0.25, -0.2) is 0 Å². The normalized spacial score (nSPS) is 32.4. The van der Waals surface area contributed by atoms with Gasteiger partial charge < -0.3 is 10.2 Å². The zero-order valence-corrected chi connectivity index (χ0v) is 16.8. The molecular formula is C23H32N2O2. The minimum Gasteiger partial charge on any atom is -0.344 e. The summed E-state index contributed by atoms with van der Waals surface area (Å²) in [6.45, 7) is 4.03. The Bertz CT molecular complexity index is 677. The molecule has 5 rings (SSSR count). The summed E-state index contributed by atoms with van der Waals surface area (Å²) in [5, 5.41) is 3.19. The Labute approximate surface area is 162 Å². The van der Waals surface area contributed by atoms with E-state index in [2.05, 4.69) is 5.32 Å². The van der Waals surface area contributed by atoms with Gasteiger partial charge in [0.05, 0.1) is 0 Å². The Hall–Kier alpha value is -1.84. The van der Waals surface area contributed by atoms with Crippen molar-refractivity contribution in [3.63, 3.8) is 0 Å². The van der Waals surface area contributed by atoms with Crippen molar-refractivity contribution in [1.82, 2.24) is 5.32 Å². The number of para-hydroxylation sites is 1. The van der Waals surface area contributed by atoms with Crippen LogP contribution >= 0.6 is 0 Å². The highest BCUT2D eigenvalue weighted by molar-refractivity contribution is 5.99. The first kappa shape index (κ1) is 18.5. The molecule has 0 aliphatic heterocycles. The SMILES string of the molecule is CC(C)C(NC(=O)C12CC3CC(CC(C3)C1)C2)C(=O)N(C)c1ccccc1. The highest BCUT2D eigenvalue weighted by Crippen LogP contribution is 2.60. The highest BCUT2D eigenvalue weighted by Gasteiger charge is 2.55. The molecular weight excluding hydrogens is 336 g/mol. The third-order valence-corrected chi connectivity index (χ3v) is 7.21. The number of rotatable bonds is 5. The summed E-state index contributed by atoms with van der Waals surface area (Å²) in [4.78, 5) is 28.2. The fourth-order valence-electron chi connectivity index (χ4n) is 6.18. The smallest absolute Gasteiger partial charge is 0.249 e. The first-order chi connectivity index (χ1) is 12.9. The second-order valence-electron chi connectivity index (χ2n) is 9.63. The average molecular weight is 369 g/mol. The Balaban J connectivity index is 1.50. The molecule has 1 atom stereocenters. The second-order valence-corrected chi connectivity index (χ2v) is 9.63. The molecule has 0 spiro atoms. The van der Waals surface area contributed by atoms with Gasteiger partial charge in [-0.05, 0) is 74.3 Å². The van der Waals surface area contributed by atoms with E-state index >= 15 is 0 Å². The van der Waals surface area contributed by atoms with Gasteiger partial charge in [0.2, 0.25) is 11.8 Å². The summed E-state index contributed by atoms with van der Waals surface area (Å²) in [5.41, 5.74) is 0.644. The minimum atomic E-state index is -0.476. The molecule has 0 saturated heterocycles. The van der Waals surface area contributed by atoms with Crippen LogP contribution in [0.25, 0.3) is 0 Å². The van der Waals surface area contributed by atoms with Crippen LogP contribution in [0, 0.1) is 29.1 Å². The monoisotopic (exact) mass is 368 g/mol. The Morgan fingerprint density at radius 3 is 2.00 bits per heavy atom. The van der Waals surface area contributed by atoms with Gasteiger partial charge in [-0.15, -0.1) is 0 Å². The molecule has 4 aliphatic rings. The van der Waals surface area contributed by atoms with E-state index in [9.17, 15) is 9.59 Å². The number of hydrogen-bond acceptors (Lipinski definition) is 2. The van der Waals surface area contributed by atoms with Gasteiger partial charge in [0, 0.05) is 18.2 Å². The summed E-state index contributed by atoms with van der Waals surface area (Å²) in [5.74, 6) is 2.33. The maximum absolute atomic E-state index is 13.4. The molecule has 4 bridgehead atoms. The van der Waals surface area contributed by atoms with Gasteiger partial charge in [-0.2, -0.15) is 0 Å². The largest absolute Gasteiger partial charge is 0.344 e. The van der Waals surface area contributed by atoms with Gasteiger partial charge in [-0.1, -0.05) is 32.0 Å². The molecule has 1 aromatic rings. The van der Waals surface area contributed by atoms with E-state index in [4.69, 9.17) is 0 Å². The molecule has 1 aromatic carbocycles. The number of amides is 2. The van der Waals surface area contributed by atoms with E-state index in [0.29, 0.717) is 0 Å². The van der Waals surface area contributed by atoms with E-state index in [-0.39, 0.29) is 23.1 Å². The maximum Gasteiger partial charge on any atom is 0.249 e. The molecule has 2 amide bonds. The summed E-state index contributed by atoms with van der Waals surface area (Å²) in [6.07, 6.45) is 7.02. The molecule has 4 fully saturated rings. The molecule has 4 nitrogen and oxygen atoms in total. The number of hydrogen-bond donors (Lipinski definition) is 1. The van der Waals surface area contributed by atoms with Crippen LogP contribution in [0.4, 0.5) is 5.69 Å². The van der Waals surface area contributed by atoms with Crippen molar-refractivity contribution >= 4 is 17.5 Å². The molecule has 4 aliphatic carbocycles. The number of nitrogens with zero attached hydrogens (tertiary/aromatic N) is 1. The number of nitrogens with one attached hydrogen (secondary N) is 1. The van der Waals surface area contributed by atoms with E-state index in [1.807, 2.05) is 44.2 Å². The van der Waals surface area contributed by atoms with Crippen LogP contribution in [0.15, 0.2) is 30.3 Å². The third kappa shape index (κ3) is 3.39. The molecule has 1 unspecified atom stereocenters. The Morgan fingerprint density at radius 2 is 1.52 bits per heavy atom. The molecule has 146 valence electrons. The standard InChI is InChI=1S/C23H32N2O2/c1-15(2)20(21(26)25(3)19-7-5-4-6-8-19)24-22(27)23-12-16-9-17(13-23)11-18(10-16)14-23/h4-8,15-18,20H,9-14H2,1-3H3,(H,24,27). The predicted octanol–water partition coefficient (Wildman–Crippen LogP) is 4.01. The number of benzene rings is 1. The first-order valence-electron chi connectivity index (χ1n) is 10.5. The molecule has 0 aromatic heterocycles. The molecule has 27 heavy (non-hydrogen) atoms. The van der Waals surface area contributed by atoms with Crippen LogP contribution in [-0.2, 0) is 9.59 Å². The van der Waals surface area contributed by atoms with Crippen LogP contribution in [-0.4, -0.2) is 24.9 Å². The lowest BCUT2D eigenvalue weighted by Crippen LogP contribution is -2.58. The van der Waals surface area contributed by atoms with Crippen LogP contribution < -0.4 is 10.2 Å². The van der Waals surface area contributed by atoms with Crippen molar-refractivity contribution < 1.29 is 9.59 Å². The molecule has 0 radical (unpaired) electrons. The highest BCUT2D eigenvalue weighted by atomic mass is 16.2. The van der Waals surface area contributed by atoms with E-state index in [0.717, 1.165) is 42.7 Å². The lowest BCUT2D eigenvalue weighted by atomic mass is 9.49. The molecule has 4 heteroatoms. The molecule has 4 saturated carbocycles. The van der Waals surface area contributed by atoms with Crippen molar-refractivity contribution in [2.75, 3.05) is 11.9 Å². The van der Waals surface area contributed by atoms with Crippen molar-refractivity contribution in [3.05, 3.63) is 30.3 Å². The Morgan fingerprint density at radius 1 is 1.00 bits per heavy atom. The van der Waals surface area contributed by atoms with Gasteiger partial charge in [0.25, 0.3) is 0 Å². The van der Waals surface area contributed by atoms with Crippen molar-refractivity contribution in [1.29, 1.82) is 0 Å². The fraction of sp³-hybridized carbons (Fsp3) is 0.652. The average Bonchev–Trinajstić information content (AvgIpc) is 2.64. The van der Waals surface area contributed by atoms with Crippen molar-refractivity contribution in [2.45, 2.75) is 58.4 Å². The van der Waals surface area contributed by atoms with Crippen molar-refractivity contribution in [3.8, 4) is 0 Å². The number of likely N-dealkylation sites (N-methyl/N-ethyl adjacent to an activating group) is 1. The topological polar surface area (TPSA) is 49.4 Å². The predicted molar refractivity (Wildman–Crippen MR) is 107 cm³/mol. The van der Waals surface area contributed by atoms with E-state index in [1.54, 1.807) is 11.9 Å². The van der Waals surface area contributed by atoms with Gasteiger partial charge in [0.1, 0.15) is 6.04 Å². The minimum absolute atomic E-state index is 0.0331. The lowest BCUT2D eigenvalue weighted by Gasteiger charge is -2.56. The third-order valence-electron chi connectivity index (χ3n) is 7.21. The lowest BCUT2D eigenvalue weighted by molar-refractivity contribution is -0.148. The van der Waals surface area contributed by atoms with Gasteiger partial charge >= 0.3 is 0 Å². The Kier molecular flexibility index (Phi) is 4.77. The van der Waals surface area contributed by atoms with Crippen LogP contribution in [0.5, 0.6) is 0 Å². The molecule has 1 N–H and O–H groups in total. The van der Waals surface area contributed by atoms with Crippen LogP contribution in [0.2, 0.25) is 0 Å².